The molecule has 0 aromatic carbocycles. The van der Waals surface area contributed by atoms with Gasteiger partial charge < -0.3 is 0 Å². The quantitative estimate of drug-likeness (QED) is 0.540. The van der Waals surface area contributed by atoms with Gasteiger partial charge in [0, 0.05) is 5.33 Å². The number of hydrogen-bond donors (Lipinski definition) is 0. The summed E-state index contributed by atoms with van der Waals surface area (Å²) in [5.74, 6) is 0.345. The van der Waals surface area contributed by atoms with Crippen molar-refractivity contribution in [1.29, 1.82) is 0 Å². The smallest absolute Gasteiger partial charge is 0.152 e. The maximum Gasteiger partial charge on any atom is 0.152 e. The molecule has 0 aliphatic heterocycles. The molecule has 0 spiro atoms. The summed E-state index contributed by atoms with van der Waals surface area (Å²) in [6.45, 7) is 3.47. The minimum Gasteiger partial charge on any atom is -0.229 e. The lowest BCUT2D eigenvalue weighted by atomic mass is 10.3. The molecule has 0 heterocycles. The molecular formula is C8H17BrO2S. The Hall–Kier alpha value is 0.430. The first-order chi connectivity index (χ1) is 5.50. The maximum absolute atomic E-state index is 11.3. The normalized spacial score (nSPS) is 12.3. The second-order valence-corrected chi connectivity index (χ2v) is 6.64. The molecule has 0 rings (SSSR count). The highest BCUT2D eigenvalue weighted by Crippen LogP contribution is 2.06. The van der Waals surface area contributed by atoms with Crippen LogP contribution in [0.15, 0.2) is 0 Å². The van der Waals surface area contributed by atoms with Crippen LogP contribution in [0.4, 0.5) is 0 Å². The van der Waals surface area contributed by atoms with Gasteiger partial charge in [-0.15, -0.1) is 0 Å². The molecule has 0 aliphatic carbocycles. The van der Waals surface area contributed by atoms with Gasteiger partial charge in [0.1, 0.15) is 0 Å². The highest BCUT2D eigenvalue weighted by molar-refractivity contribution is 9.09. The molecule has 0 unspecified atom stereocenters. The SMILES string of the molecule is CC(C)S(=O)(=O)CCCCCBr. The Balaban J connectivity index is 3.63. The molecule has 0 amide bonds. The Bertz CT molecular complexity index is 197. The van der Waals surface area contributed by atoms with Gasteiger partial charge in [-0.2, -0.15) is 0 Å². The molecule has 0 saturated carbocycles. The number of hydrogen-bond acceptors (Lipinski definition) is 2. The summed E-state index contributed by atoms with van der Waals surface area (Å²) in [6.07, 6.45) is 2.86. The van der Waals surface area contributed by atoms with E-state index >= 15 is 0 Å². The van der Waals surface area contributed by atoms with Crippen LogP contribution >= 0.6 is 15.9 Å². The zero-order chi connectivity index (χ0) is 9.61. The summed E-state index contributed by atoms with van der Waals surface area (Å²) in [7, 11) is -2.79. The van der Waals surface area contributed by atoms with E-state index in [1.54, 1.807) is 13.8 Å². The second kappa shape index (κ2) is 5.97. The Morgan fingerprint density at radius 3 is 2.17 bits per heavy atom. The molecule has 0 aliphatic rings. The van der Waals surface area contributed by atoms with Crippen molar-refractivity contribution >= 4 is 25.8 Å². The number of alkyl halides is 1. The zero-order valence-electron chi connectivity index (χ0n) is 7.72. The van der Waals surface area contributed by atoms with Crippen molar-refractivity contribution in [1.82, 2.24) is 0 Å². The van der Waals surface area contributed by atoms with Gasteiger partial charge >= 0.3 is 0 Å². The van der Waals surface area contributed by atoms with Crippen LogP contribution in [0.5, 0.6) is 0 Å². The first-order valence-electron chi connectivity index (χ1n) is 4.28. The number of halogens is 1. The predicted octanol–water partition coefficient (Wildman–Crippen LogP) is 2.37. The standard InChI is InChI=1S/C8H17BrO2S/c1-8(2)12(10,11)7-5-3-4-6-9/h8H,3-7H2,1-2H3. The second-order valence-electron chi connectivity index (χ2n) is 3.17. The van der Waals surface area contributed by atoms with Crippen molar-refractivity contribution in [2.24, 2.45) is 0 Å². The number of unbranched alkanes of at least 4 members (excludes halogenated alkanes) is 2. The minimum absolute atomic E-state index is 0.221. The molecule has 0 atom stereocenters. The molecular weight excluding hydrogens is 240 g/mol. The number of rotatable bonds is 6. The molecule has 0 radical (unpaired) electrons. The van der Waals surface area contributed by atoms with E-state index in [0.29, 0.717) is 5.75 Å². The van der Waals surface area contributed by atoms with Crippen LogP contribution in [0.25, 0.3) is 0 Å². The highest BCUT2D eigenvalue weighted by atomic mass is 79.9. The summed E-state index contributed by atoms with van der Waals surface area (Å²) in [6, 6.07) is 0. The van der Waals surface area contributed by atoms with Crippen LogP contribution in [0.1, 0.15) is 33.1 Å². The van der Waals surface area contributed by atoms with Crippen molar-refractivity contribution in [2.75, 3.05) is 11.1 Å². The maximum atomic E-state index is 11.3. The van der Waals surface area contributed by atoms with E-state index in [1.165, 1.54) is 0 Å². The molecule has 4 heteroatoms. The van der Waals surface area contributed by atoms with E-state index in [-0.39, 0.29) is 5.25 Å². The summed E-state index contributed by atoms with van der Waals surface area (Å²) >= 11 is 3.31. The van der Waals surface area contributed by atoms with Gasteiger partial charge in [0.15, 0.2) is 9.84 Å². The van der Waals surface area contributed by atoms with Crippen LogP contribution in [-0.2, 0) is 9.84 Å². The summed E-state index contributed by atoms with van der Waals surface area (Å²) in [5.41, 5.74) is 0. The largest absolute Gasteiger partial charge is 0.229 e. The fourth-order valence-corrected chi connectivity index (χ4v) is 2.28. The molecule has 12 heavy (non-hydrogen) atoms. The van der Waals surface area contributed by atoms with Gasteiger partial charge in [0.2, 0.25) is 0 Å². The third-order valence-electron chi connectivity index (χ3n) is 1.78. The monoisotopic (exact) mass is 256 g/mol. The van der Waals surface area contributed by atoms with Crippen molar-refractivity contribution in [3.8, 4) is 0 Å². The fourth-order valence-electron chi connectivity index (χ4n) is 0.810. The van der Waals surface area contributed by atoms with Gasteiger partial charge in [-0.1, -0.05) is 22.4 Å². The third-order valence-corrected chi connectivity index (χ3v) is 4.64. The van der Waals surface area contributed by atoms with E-state index in [0.717, 1.165) is 24.6 Å². The Morgan fingerprint density at radius 1 is 1.17 bits per heavy atom. The molecule has 0 saturated heterocycles. The zero-order valence-corrected chi connectivity index (χ0v) is 10.1. The fraction of sp³-hybridized carbons (Fsp3) is 1.00. The van der Waals surface area contributed by atoms with Gasteiger partial charge in [0.05, 0.1) is 11.0 Å². The van der Waals surface area contributed by atoms with Crippen LogP contribution in [0.3, 0.4) is 0 Å². The lowest BCUT2D eigenvalue weighted by Crippen LogP contribution is -2.17. The highest BCUT2D eigenvalue weighted by Gasteiger charge is 2.14. The van der Waals surface area contributed by atoms with Crippen molar-refractivity contribution in [3.05, 3.63) is 0 Å². The average Bonchev–Trinajstić information content (AvgIpc) is 1.98. The molecule has 0 aromatic rings. The predicted molar refractivity (Wildman–Crippen MR) is 56.6 cm³/mol. The Morgan fingerprint density at radius 2 is 1.75 bits per heavy atom. The average molecular weight is 257 g/mol. The topological polar surface area (TPSA) is 34.1 Å². The molecule has 0 aromatic heterocycles. The van der Waals surface area contributed by atoms with E-state index in [1.807, 2.05) is 0 Å². The van der Waals surface area contributed by atoms with Crippen LogP contribution in [0.2, 0.25) is 0 Å². The minimum atomic E-state index is -2.79. The van der Waals surface area contributed by atoms with Gasteiger partial charge in [0.25, 0.3) is 0 Å². The van der Waals surface area contributed by atoms with Gasteiger partial charge in [-0.05, 0) is 26.7 Å². The van der Waals surface area contributed by atoms with E-state index in [9.17, 15) is 8.42 Å². The lowest BCUT2D eigenvalue weighted by Gasteiger charge is -2.06. The van der Waals surface area contributed by atoms with E-state index < -0.39 is 9.84 Å². The van der Waals surface area contributed by atoms with E-state index in [2.05, 4.69) is 15.9 Å². The Labute approximate surface area is 83.8 Å². The summed E-state index contributed by atoms with van der Waals surface area (Å²) < 4.78 is 22.6. The van der Waals surface area contributed by atoms with Crippen molar-refractivity contribution < 1.29 is 8.42 Å². The summed E-state index contributed by atoms with van der Waals surface area (Å²) in [4.78, 5) is 0. The molecule has 2 nitrogen and oxygen atoms in total. The summed E-state index contributed by atoms with van der Waals surface area (Å²) in [5, 5.41) is 0.746. The molecule has 74 valence electrons. The van der Waals surface area contributed by atoms with Crippen molar-refractivity contribution in [3.63, 3.8) is 0 Å². The molecule has 0 fully saturated rings. The lowest BCUT2D eigenvalue weighted by molar-refractivity contribution is 0.582. The number of sulfone groups is 1. The molecule has 0 N–H and O–H groups in total. The van der Waals surface area contributed by atoms with Gasteiger partial charge in [-0.3, -0.25) is 0 Å². The molecule has 0 bridgehead atoms. The van der Waals surface area contributed by atoms with Crippen LogP contribution in [-0.4, -0.2) is 24.8 Å². The Kier molecular flexibility index (Phi) is 6.19. The van der Waals surface area contributed by atoms with Crippen molar-refractivity contribution in [2.45, 2.75) is 38.4 Å². The van der Waals surface area contributed by atoms with Crippen LogP contribution in [0, 0.1) is 0 Å². The first-order valence-corrected chi connectivity index (χ1v) is 7.12. The third kappa shape index (κ3) is 5.14. The first kappa shape index (κ1) is 12.4. The van der Waals surface area contributed by atoms with Gasteiger partial charge in [-0.25, -0.2) is 8.42 Å². The van der Waals surface area contributed by atoms with Crippen LogP contribution < -0.4 is 0 Å². The van der Waals surface area contributed by atoms with E-state index in [4.69, 9.17) is 0 Å².